The van der Waals surface area contributed by atoms with Crippen molar-refractivity contribution in [2.45, 2.75) is 26.4 Å². The summed E-state index contributed by atoms with van der Waals surface area (Å²) >= 11 is 0. The molecule has 0 fully saturated rings. The standard InChI is InChI=1S/C19H18O6/c1-9-5-10-7-15(23)19(25)17(16(10)14(22)6-9)18(24)11-3-2-4-13(21)12(11)8-20/h2-4,7,9,20-21,23,25H,5-6,8H2,1H3/t9-/m0/s1. The van der Waals surface area contributed by atoms with E-state index in [0.717, 1.165) is 0 Å². The molecular weight excluding hydrogens is 324 g/mol. The molecule has 0 aliphatic heterocycles. The number of hydrogen-bond donors (Lipinski definition) is 4. The van der Waals surface area contributed by atoms with Gasteiger partial charge in [0.05, 0.1) is 12.2 Å². The summed E-state index contributed by atoms with van der Waals surface area (Å²) in [5.74, 6) is -2.35. The zero-order chi connectivity index (χ0) is 18.3. The number of carbonyl (C=O) groups is 2. The highest BCUT2D eigenvalue weighted by Crippen LogP contribution is 2.40. The maximum atomic E-state index is 13.0. The van der Waals surface area contributed by atoms with Crippen molar-refractivity contribution >= 4 is 11.6 Å². The van der Waals surface area contributed by atoms with Gasteiger partial charge < -0.3 is 20.4 Å². The summed E-state index contributed by atoms with van der Waals surface area (Å²) in [5, 5.41) is 39.5. The van der Waals surface area contributed by atoms with Crippen LogP contribution in [0.15, 0.2) is 24.3 Å². The summed E-state index contributed by atoms with van der Waals surface area (Å²) in [6, 6.07) is 5.45. The lowest BCUT2D eigenvalue weighted by Gasteiger charge is -2.24. The first-order chi connectivity index (χ1) is 11.8. The van der Waals surface area contributed by atoms with Gasteiger partial charge in [0, 0.05) is 23.1 Å². The predicted octanol–water partition coefficient (Wildman–Crippen LogP) is 2.29. The van der Waals surface area contributed by atoms with E-state index in [9.17, 15) is 30.0 Å². The molecule has 0 saturated carbocycles. The number of phenolic OH excluding ortho intramolecular Hbond substituents is 2. The average Bonchev–Trinajstić information content (AvgIpc) is 2.55. The average molecular weight is 342 g/mol. The highest BCUT2D eigenvalue weighted by molar-refractivity contribution is 6.19. The van der Waals surface area contributed by atoms with Crippen molar-refractivity contribution in [2.75, 3.05) is 0 Å². The van der Waals surface area contributed by atoms with Crippen molar-refractivity contribution in [1.29, 1.82) is 0 Å². The molecular formula is C19H18O6. The molecule has 0 bridgehead atoms. The fourth-order valence-corrected chi connectivity index (χ4v) is 3.37. The Labute approximate surface area is 144 Å². The number of aliphatic hydroxyl groups excluding tert-OH is 1. The molecule has 1 aliphatic carbocycles. The fraction of sp³-hybridized carbons (Fsp3) is 0.263. The fourth-order valence-electron chi connectivity index (χ4n) is 3.37. The lowest BCUT2D eigenvalue weighted by molar-refractivity contribution is 0.0938. The van der Waals surface area contributed by atoms with Crippen LogP contribution in [0.1, 0.15) is 50.8 Å². The van der Waals surface area contributed by atoms with Crippen molar-refractivity contribution in [1.82, 2.24) is 0 Å². The number of fused-ring (bicyclic) bond motifs is 1. The number of rotatable bonds is 3. The minimum Gasteiger partial charge on any atom is -0.508 e. The maximum Gasteiger partial charge on any atom is 0.198 e. The monoisotopic (exact) mass is 342 g/mol. The van der Waals surface area contributed by atoms with Gasteiger partial charge in [0.1, 0.15) is 5.75 Å². The lowest BCUT2D eigenvalue weighted by atomic mass is 9.79. The lowest BCUT2D eigenvalue weighted by Crippen LogP contribution is -2.22. The first kappa shape index (κ1) is 17.0. The van der Waals surface area contributed by atoms with Crippen LogP contribution in [0.3, 0.4) is 0 Å². The summed E-state index contributed by atoms with van der Waals surface area (Å²) in [5.41, 5.74) is 0.295. The Morgan fingerprint density at radius 2 is 1.88 bits per heavy atom. The Balaban J connectivity index is 2.26. The zero-order valence-corrected chi connectivity index (χ0v) is 13.6. The van der Waals surface area contributed by atoms with Crippen LogP contribution in [-0.4, -0.2) is 32.0 Å². The van der Waals surface area contributed by atoms with Gasteiger partial charge in [-0.15, -0.1) is 0 Å². The molecule has 0 amide bonds. The summed E-state index contributed by atoms with van der Waals surface area (Å²) in [7, 11) is 0. The molecule has 6 nitrogen and oxygen atoms in total. The van der Waals surface area contributed by atoms with E-state index in [1.807, 2.05) is 6.92 Å². The van der Waals surface area contributed by atoms with Crippen LogP contribution >= 0.6 is 0 Å². The van der Waals surface area contributed by atoms with Crippen molar-refractivity contribution in [2.24, 2.45) is 5.92 Å². The second-order valence-electron chi connectivity index (χ2n) is 6.38. The normalized spacial score (nSPS) is 16.6. The van der Waals surface area contributed by atoms with Crippen molar-refractivity contribution in [3.8, 4) is 17.2 Å². The molecule has 4 N–H and O–H groups in total. The minimum absolute atomic E-state index is 0.000573. The Morgan fingerprint density at radius 3 is 2.56 bits per heavy atom. The van der Waals surface area contributed by atoms with Gasteiger partial charge in [-0.25, -0.2) is 0 Å². The van der Waals surface area contributed by atoms with E-state index in [1.54, 1.807) is 0 Å². The molecule has 0 aromatic heterocycles. The van der Waals surface area contributed by atoms with Gasteiger partial charge in [-0.3, -0.25) is 9.59 Å². The third kappa shape index (κ3) is 2.74. The van der Waals surface area contributed by atoms with Crippen LogP contribution in [0, 0.1) is 5.92 Å². The number of hydrogen-bond acceptors (Lipinski definition) is 6. The van der Waals surface area contributed by atoms with E-state index in [-0.39, 0.29) is 46.1 Å². The molecule has 3 rings (SSSR count). The highest BCUT2D eigenvalue weighted by Gasteiger charge is 2.32. The molecule has 0 saturated heterocycles. The van der Waals surface area contributed by atoms with Gasteiger partial charge in [-0.05, 0) is 30.0 Å². The number of phenols is 3. The van der Waals surface area contributed by atoms with E-state index < -0.39 is 23.9 Å². The SMILES string of the molecule is C[C@@H]1CC(=O)c2c(cc(O)c(O)c2C(=O)c2cccc(O)c2CO)C1. The summed E-state index contributed by atoms with van der Waals surface area (Å²) in [6.45, 7) is 1.31. The van der Waals surface area contributed by atoms with Gasteiger partial charge >= 0.3 is 0 Å². The summed E-state index contributed by atoms with van der Waals surface area (Å²) in [6.07, 6.45) is 0.743. The molecule has 25 heavy (non-hydrogen) atoms. The van der Waals surface area contributed by atoms with Crippen molar-refractivity contribution < 1.29 is 30.0 Å². The predicted molar refractivity (Wildman–Crippen MR) is 89.0 cm³/mol. The van der Waals surface area contributed by atoms with Crippen LogP contribution in [-0.2, 0) is 13.0 Å². The van der Waals surface area contributed by atoms with Gasteiger partial charge in [-0.1, -0.05) is 19.1 Å². The number of aromatic hydroxyl groups is 3. The van der Waals surface area contributed by atoms with E-state index in [1.165, 1.54) is 24.3 Å². The number of carbonyl (C=O) groups excluding carboxylic acids is 2. The molecule has 0 unspecified atom stereocenters. The quantitative estimate of drug-likeness (QED) is 0.502. The summed E-state index contributed by atoms with van der Waals surface area (Å²) in [4.78, 5) is 25.5. The molecule has 2 aromatic rings. The van der Waals surface area contributed by atoms with Crippen LogP contribution in [0.4, 0.5) is 0 Å². The van der Waals surface area contributed by atoms with Crippen LogP contribution < -0.4 is 0 Å². The van der Waals surface area contributed by atoms with Gasteiger partial charge in [0.2, 0.25) is 0 Å². The Kier molecular flexibility index (Phi) is 4.22. The first-order valence-corrected chi connectivity index (χ1v) is 7.92. The number of benzene rings is 2. The second kappa shape index (κ2) is 6.22. The van der Waals surface area contributed by atoms with E-state index in [2.05, 4.69) is 0 Å². The molecule has 1 atom stereocenters. The van der Waals surface area contributed by atoms with Crippen LogP contribution in [0.25, 0.3) is 0 Å². The van der Waals surface area contributed by atoms with Gasteiger partial charge in [-0.2, -0.15) is 0 Å². The van der Waals surface area contributed by atoms with Crippen molar-refractivity contribution in [3.63, 3.8) is 0 Å². The van der Waals surface area contributed by atoms with E-state index in [0.29, 0.717) is 12.0 Å². The summed E-state index contributed by atoms with van der Waals surface area (Å²) < 4.78 is 0. The number of aliphatic hydroxyl groups is 1. The zero-order valence-electron chi connectivity index (χ0n) is 13.6. The number of Topliss-reactive ketones (excluding diaryl/α,β-unsaturated/α-hetero) is 1. The first-order valence-electron chi connectivity index (χ1n) is 7.92. The highest BCUT2D eigenvalue weighted by atomic mass is 16.3. The van der Waals surface area contributed by atoms with Crippen LogP contribution in [0.2, 0.25) is 0 Å². The molecule has 1 aliphatic rings. The third-order valence-electron chi connectivity index (χ3n) is 4.52. The molecule has 6 heteroatoms. The smallest absolute Gasteiger partial charge is 0.198 e. The largest absolute Gasteiger partial charge is 0.508 e. The van der Waals surface area contributed by atoms with Gasteiger partial charge in [0.25, 0.3) is 0 Å². The number of ketones is 2. The minimum atomic E-state index is -0.729. The Bertz CT molecular complexity index is 884. The maximum absolute atomic E-state index is 13.0. The van der Waals surface area contributed by atoms with Crippen LogP contribution in [0.5, 0.6) is 17.2 Å². The van der Waals surface area contributed by atoms with E-state index in [4.69, 9.17) is 0 Å². The topological polar surface area (TPSA) is 115 Å². The van der Waals surface area contributed by atoms with E-state index >= 15 is 0 Å². The Hall–Kier alpha value is -2.86. The molecule has 2 aromatic carbocycles. The molecule has 0 spiro atoms. The second-order valence-corrected chi connectivity index (χ2v) is 6.38. The Morgan fingerprint density at radius 1 is 1.16 bits per heavy atom. The molecule has 0 heterocycles. The third-order valence-corrected chi connectivity index (χ3v) is 4.52. The van der Waals surface area contributed by atoms with Crippen molar-refractivity contribution in [3.05, 3.63) is 52.1 Å². The molecule has 130 valence electrons. The molecule has 0 radical (unpaired) electrons. The van der Waals surface area contributed by atoms with Gasteiger partial charge in [0.15, 0.2) is 23.1 Å².